The highest BCUT2D eigenvalue weighted by atomic mass is 16.2. The van der Waals surface area contributed by atoms with Crippen molar-refractivity contribution >= 4 is 29.8 Å². The molecule has 6 rings (SSSR count). The van der Waals surface area contributed by atoms with Crippen LogP contribution >= 0.6 is 0 Å². The first kappa shape index (κ1) is 21.6. The highest BCUT2D eigenvalue weighted by Gasteiger charge is 2.50. The maximum atomic E-state index is 12.2. The van der Waals surface area contributed by atoms with Gasteiger partial charge in [0.15, 0.2) is 5.84 Å². The lowest BCUT2D eigenvalue weighted by molar-refractivity contribution is -0.115. The number of rotatable bonds is 4. The molecule has 4 aliphatic heterocycles. The molecule has 11 nitrogen and oxygen atoms in total. The lowest BCUT2D eigenvalue weighted by atomic mass is 9.91. The van der Waals surface area contributed by atoms with Crippen LogP contribution in [0, 0.1) is 5.92 Å². The first-order chi connectivity index (χ1) is 16.9. The third kappa shape index (κ3) is 3.80. The molecule has 0 radical (unpaired) electrons. The van der Waals surface area contributed by atoms with Crippen LogP contribution in [0.15, 0.2) is 57.7 Å². The molecule has 3 N–H and O–H groups in total. The first-order valence-electron chi connectivity index (χ1n) is 12.1. The summed E-state index contributed by atoms with van der Waals surface area (Å²) >= 11 is 0. The van der Waals surface area contributed by atoms with Crippen LogP contribution in [0.1, 0.15) is 26.7 Å². The molecule has 1 aromatic heterocycles. The highest BCUT2D eigenvalue weighted by molar-refractivity contribution is 6.12. The SMILES string of the molecule is CC1=C(N2CCN(c3ccccn3)CC2)NC2(C)C(/C=C3\NC(=O)NC3=O)C=NN2C1=NC1CC1. The number of piperazine rings is 1. The third-order valence-electron chi connectivity index (χ3n) is 7.18. The fraction of sp³-hybridized carbons (Fsp3) is 0.458. The van der Waals surface area contributed by atoms with E-state index >= 15 is 0 Å². The molecule has 11 heteroatoms. The number of carbonyl (C=O) groups excluding carboxylic acids is 2. The molecule has 2 unspecified atom stereocenters. The zero-order valence-corrected chi connectivity index (χ0v) is 19.9. The van der Waals surface area contributed by atoms with Gasteiger partial charge in [0.25, 0.3) is 5.91 Å². The first-order valence-corrected chi connectivity index (χ1v) is 12.1. The van der Waals surface area contributed by atoms with Gasteiger partial charge in [0.2, 0.25) is 0 Å². The van der Waals surface area contributed by atoms with E-state index in [4.69, 9.17) is 10.1 Å². The zero-order valence-electron chi connectivity index (χ0n) is 19.9. The predicted molar refractivity (Wildman–Crippen MR) is 131 cm³/mol. The van der Waals surface area contributed by atoms with Crippen LogP contribution in [-0.2, 0) is 4.79 Å². The van der Waals surface area contributed by atoms with E-state index in [1.807, 2.05) is 35.6 Å². The molecule has 3 fully saturated rings. The van der Waals surface area contributed by atoms with Gasteiger partial charge in [-0.3, -0.25) is 15.1 Å². The molecule has 5 aliphatic rings. The zero-order chi connectivity index (χ0) is 24.2. The number of urea groups is 1. The Kier molecular flexibility index (Phi) is 5.01. The van der Waals surface area contributed by atoms with E-state index in [1.165, 1.54) is 0 Å². The minimum absolute atomic E-state index is 0.244. The van der Waals surface area contributed by atoms with Crippen molar-refractivity contribution in [2.45, 2.75) is 38.4 Å². The van der Waals surface area contributed by atoms with Gasteiger partial charge in [0.05, 0.1) is 12.0 Å². The van der Waals surface area contributed by atoms with Gasteiger partial charge in [-0.05, 0) is 44.9 Å². The smallest absolute Gasteiger partial charge is 0.326 e. The lowest BCUT2D eigenvalue weighted by Gasteiger charge is -2.48. The summed E-state index contributed by atoms with van der Waals surface area (Å²) in [6.45, 7) is 7.57. The van der Waals surface area contributed by atoms with Crippen LogP contribution < -0.4 is 20.9 Å². The van der Waals surface area contributed by atoms with Crippen LogP contribution in [0.25, 0.3) is 0 Å². The van der Waals surface area contributed by atoms with Crippen LogP contribution in [0.4, 0.5) is 10.6 Å². The number of carbonyl (C=O) groups is 2. The number of imide groups is 1. The monoisotopic (exact) mass is 475 g/mol. The van der Waals surface area contributed by atoms with E-state index in [0.29, 0.717) is 6.04 Å². The Balaban J connectivity index is 1.29. The van der Waals surface area contributed by atoms with Gasteiger partial charge in [-0.25, -0.2) is 14.8 Å². The fourth-order valence-corrected chi connectivity index (χ4v) is 4.98. The number of hydrogen-bond acceptors (Lipinski definition) is 8. The number of aromatic nitrogens is 1. The number of hydrogen-bond donors (Lipinski definition) is 3. The maximum Gasteiger partial charge on any atom is 0.326 e. The molecule has 182 valence electrons. The van der Waals surface area contributed by atoms with Crippen molar-refractivity contribution in [3.05, 3.63) is 47.6 Å². The summed E-state index contributed by atoms with van der Waals surface area (Å²) in [5, 5.41) is 15.2. The number of amidine groups is 1. The van der Waals surface area contributed by atoms with Crippen molar-refractivity contribution in [3.63, 3.8) is 0 Å². The van der Waals surface area contributed by atoms with Crippen molar-refractivity contribution in [1.82, 2.24) is 30.8 Å². The number of aliphatic imine (C=N–C) groups is 1. The second-order valence-corrected chi connectivity index (χ2v) is 9.68. The van der Waals surface area contributed by atoms with Gasteiger partial charge in [-0.2, -0.15) is 5.10 Å². The van der Waals surface area contributed by atoms with Gasteiger partial charge >= 0.3 is 6.03 Å². The van der Waals surface area contributed by atoms with Crippen molar-refractivity contribution in [3.8, 4) is 0 Å². The molecule has 5 heterocycles. The molecule has 1 aromatic rings. The minimum Gasteiger partial charge on any atom is -0.355 e. The summed E-state index contributed by atoms with van der Waals surface area (Å²) in [5.41, 5.74) is 0.646. The van der Waals surface area contributed by atoms with Gasteiger partial charge < -0.3 is 20.4 Å². The summed E-state index contributed by atoms with van der Waals surface area (Å²) in [6.07, 6.45) is 7.60. The van der Waals surface area contributed by atoms with Gasteiger partial charge in [-0.1, -0.05) is 6.07 Å². The normalized spacial score (nSPS) is 30.7. The lowest BCUT2D eigenvalue weighted by Crippen LogP contribution is -2.64. The molecule has 0 aromatic carbocycles. The number of nitrogens with zero attached hydrogens (tertiary/aromatic N) is 6. The molecule has 3 amide bonds. The largest absolute Gasteiger partial charge is 0.355 e. The Morgan fingerprint density at radius 2 is 1.89 bits per heavy atom. The van der Waals surface area contributed by atoms with E-state index in [9.17, 15) is 9.59 Å². The Hall–Kier alpha value is -3.89. The topological polar surface area (TPSA) is 118 Å². The van der Waals surface area contributed by atoms with Gasteiger partial charge in [0.1, 0.15) is 23.0 Å². The second-order valence-electron chi connectivity index (χ2n) is 9.68. The van der Waals surface area contributed by atoms with E-state index in [1.54, 1.807) is 6.08 Å². The van der Waals surface area contributed by atoms with Crippen LogP contribution in [0.5, 0.6) is 0 Å². The molecular formula is C24H29N9O2. The van der Waals surface area contributed by atoms with E-state index in [-0.39, 0.29) is 11.6 Å². The Morgan fingerprint density at radius 3 is 2.54 bits per heavy atom. The molecule has 1 saturated carbocycles. The van der Waals surface area contributed by atoms with Crippen molar-refractivity contribution in [1.29, 1.82) is 0 Å². The number of nitrogens with one attached hydrogen (secondary N) is 3. The van der Waals surface area contributed by atoms with Crippen molar-refractivity contribution in [2.24, 2.45) is 16.0 Å². The molecule has 1 aliphatic carbocycles. The van der Waals surface area contributed by atoms with E-state index in [2.05, 4.69) is 44.6 Å². The number of pyridine rings is 1. The standard InChI is InChI=1S/C24H29N9O2/c1-15-20(27-17-6-7-17)33-24(2,16(14-26-33)13-18-22(34)29-23(35)28-18)30-21(15)32-11-9-31(10-12-32)19-5-3-4-8-25-19/h3-5,8,13-14,16-17,30H,6-7,9-12H2,1-2H3,(H2,28,29,34,35)/b18-13-,27-20?. The number of hydrazone groups is 1. The van der Waals surface area contributed by atoms with Crippen LogP contribution in [0.3, 0.4) is 0 Å². The third-order valence-corrected chi connectivity index (χ3v) is 7.18. The number of amides is 3. The summed E-state index contributed by atoms with van der Waals surface area (Å²) in [5.74, 6) is 2.22. The average molecular weight is 476 g/mol. The summed E-state index contributed by atoms with van der Waals surface area (Å²) in [7, 11) is 0. The van der Waals surface area contributed by atoms with Crippen molar-refractivity contribution in [2.75, 3.05) is 31.1 Å². The molecule has 0 spiro atoms. The summed E-state index contributed by atoms with van der Waals surface area (Å²) in [4.78, 5) is 38.0. The number of fused-ring (bicyclic) bond motifs is 1. The molecule has 2 atom stereocenters. The average Bonchev–Trinajstić information content (AvgIpc) is 3.55. The van der Waals surface area contributed by atoms with Crippen LogP contribution in [-0.4, -0.2) is 76.8 Å². The number of anilines is 1. The quantitative estimate of drug-likeness (QED) is 0.439. The van der Waals surface area contributed by atoms with E-state index in [0.717, 1.165) is 62.1 Å². The molecule has 2 saturated heterocycles. The predicted octanol–water partition coefficient (Wildman–Crippen LogP) is 0.956. The fourth-order valence-electron chi connectivity index (χ4n) is 4.98. The second kappa shape index (κ2) is 8.10. The Bertz CT molecular complexity index is 1180. The summed E-state index contributed by atoms with van der Waals surface area (Å²) < 4.78 is 0. The Morgan fingerprint density at radius 1 is 1.11 bits per heavy atom. The Labute approximate surface area is 203 Å². The molecular weight excluding hydrogens is 446 g/mol. The van der Waals surface area contributed by atoms with Crippen molar-refractivity contribution < 1.29 is 9.59 Å². The molecule has 35 heavy (non-hydrogen) atoms. The molecule has 0 bridgehead atoms. The minimum atomic E-state index is -0.665. The van der Waals surface area contributed by atoms with Gasteiger partial charge in [-0.15, -0.1) is 0 Å². The maximum absolute atomic E-state index is 12.2. The van der Waals surface area contributed by atoms with E-state index < -0.39 is 17.6 Å². The van der Waals surface area contributed by atoms with Crippen LogP contribution in [0.2, 0.25) is 0 Å². The highest BCUT2D eigenvalue weighted by Crippen LogP contribution is 2.38. The van der Waals surface area contributed by atoms with Gasteiger partial charge in [0, 0.05) is 44.2 Å². The summed E-state index contributed by atoms with van der Waals surface area (Å²) in [6, 6.07) is 5.82.